The lowest BCUT2D eigenvalue weighted by Crippen LogP contribution is -2.31. The summed E-state index contributed by atoms with van der Waals surface area (Å²) in [6.45, 7) is 3.25. The maximum atomic E-state index is 11.8. The Morgan fingerprint density at radius 3 is 2.50 bits per heavy atom. The van der Waals surface area contributed by atoms with Gasteiger partial charge in [0.15, 0.2) is 13.2 Å². The van der Waals surface area contributed by atoms with Crippen LogP contribution in [0, 0.1) is 6.92 Å². The van der Waals surface area contributed by atoms with Gasteiger partial charge in [0.1, 0.15) is 5.75 Å². The zero-order valence-electron chi connectivity index (χ0n) is 13.8. The van der Waals surface area contributed by atoms with Crippen LogP contribution in [0.15, 0.2) is 54.6 Å². The fourth-order valence-corrected chi connectivity index (χ4v) is 2.14. The molecule has 0 spiro atoms. The summed E-state index contributed by atoms with van der Waals surface area (Å²) in [5, 5.41) is 2.78. The molecule has 0 aliphatic carbocycles. The molecule has 0 aliphatic rings. The highest BCUT2D eigenvalue weighted by atomic mass is 16.6. The van der Waals surface area contributed by atoms with Gasteiger partial charge >= 0.3 is 5.97 Å². The van der Waals surface area contributed by atoms with Crippen molar-refractivity contribution in [2.24, 2.45) is 0 Å². The molecule has 1 N–H and O–H groups in total. The molecule has 1 atom stereocenters. The molecule has 0 heterocycles. The number of aryl methyl sites for hydroxylation is 1. The number of carbonyl (C=O) groups is 2. The van der Waals surface area contributed by atoms with Crippen molar-refractivity contribution >= 4 is 11.9 Å². The monoisotopic (exact) mass is 327 g/mol. The number of hydrogen-bond donors (Lipinski definition) is 1. The van der Waals surface area contributed by atoms with Gasteiger partial charge < -0.3 is 14.8 Å². The molecule has 0 saturated heterocycles. The largest absolute Gasteiger partial charge is 0.482 e. The number of esters is 1. The lowest BCUT2D eigenvalue weighted by Gasteiger charge is -2.14. The van der Waals surface area contributed by atoms with E-state index in [1.54, 1.807) is 6.07 Å². The molecule has 2 aromatic carbocycles. The first kappa shape index (κ1) is 17.5. The first-order chi connectivity index (χ1) is 11.5. The molecule has 0 radical (unpaired) electrons. The Kier molecular flexibility index (Phi) is 6.37. The minimum atomic E-state index is -0.584. The number of benzene rings is 2. The second kappa shape index (κ2) is 8.72. The number of amides is 1. The third-order valence-electron chi connectivity index (χ3n) is 3.39. The van der Waals surface area contributed by atoms with E-state index in [4.69, 9.17) is 9.47 Å². The Morgan fingerprint density at radius 1 is 1.04 bits per heavy atom. The van der Waals surface area contributed by atoms with Gasteiger partial charge in [-0.2, -0.15) is 0 Å². The van der Waals surface area contributed by atoms with Crippen LogP contribution >= 0.6 is 0 Å². The summed E-state index contributed by atoms with van der Waals surface area (Å²) in [5.41, 5.74) is 2.02. The summed E-state index contributed by atoms with van der Waals surface area (Å²) in [6, 6.07) is 16.8. The normalized spacial score (nSPS) is 11.4. The molecule has 24 heavy (non-hydrogen) atoms. The SMILES string of the molecule is Cc1cccc(OCC(=O)OCC(=O)N[C@@H](C)c2ccccc2)c1. The van der Waals surface area contributed by atoms with Crippen molar-refractivity contribution < 1.29 is 19.1 Å². The van der Waals surface area contributed by atoms with Gasteiger partial charge in [-0.1, -0.05) is 42.5 Å². The molecule has 0 aliphatic heterocycles. The molecular weight excluding hydrogens is 306 g/mol. The number of ether oxygens (including phenoxy) is 2. The summed E-state index contributed by atoms with van der Waals surface area (Å²) < 4.78 is 10.2. The first-order valence-corrected chi connectivity index (χ1v) is 7.74. The smallest absolute Gasteiger partial charge is 0.344 e. The molecule has 2 aromatic rings. The predicted octanol–water partition coefficient (Wildman–Crippen LogP) is 2.79. The van der Waals surface area contributed by atoms with E-state index >= 15 is 0 Å². The van der Waals surface area contributed by atoms with Crippen LogP contribution in [0.3, 0.4) is 0 Å². The summed E-state index contributed by atoms with van der Waals surface area (Å²) in [6.07, 6.45) is 0. The van der Waals surface area contributed by atoms with E-state index in [9.17, 15) is 9.59 Å². The minimum absolute atomic E-state index is 0.152. The lowest BCUT2D eigenvalue weighted by atomic mass is 10.1. The Labute approximate surface area is 141 Å². The zero-order valence-corrected chi connectivity index (χ0v) is 13.8. The Hall–Kier alpha value is -2.82. The molecule has 2 rings (SSSR count). The van der Waals surface area contributed by atoms with Gasteiger partial charge in [-0.15, -0.1) is 0 Å². The van der Waals surface area contributed by atoms with Crippen molar-refractivity contribution in [3.63, 3.8) is 0 Å². The van der Waals surface area contributed by atoms with Crippen molar-refractivity contribution in [2.75, 3.05) is 13.2 Å². The molecule has 1 amide bonds. The van der Waals surface area contributed by atoms with Crippen LogP contribution in [0.4, 0.5) is 0 Å². The van der Waals surface area contributed by atoms with Gasteiger partial charge in [-0.25, -0.2) is 4.79 Å². The number of hydrogen-bond acceptors (Lipinski definition) is 4. The molecule has 0 unspecified atom stereocenters. The average molecular weight is 327 g/mol. The molecule has 0 aromatic heterocycles. The molecular formula is C19H21NO4. The third kappa shape index (κ3) is 5.76. The Bertz CT molecular complexity index is 685. The molecule has 0 saturated carbocycles. The van der Waals surface area contributed by atoms with E-state index in [-0.39, 0.29) is 25.2 Å². The van der Waals surface area contributed by atoms with E-state index in [1.165, 1.54) is 0 Å². The topological polar surface area (TPSA) is 64.6 Å². The highest BCUT2D eigenvalue weighted by molar-refractivity contribution is 5.81. The summed E-state index contributed by atoms with van der Waals surface area (Å²) >= 11 is 0. The maximum Gasteiger partial charge on any atom is 0.344 e. The van der Waals surface area contributed by atoms with Crippen LogP contribution in [0.5, 0.6) is 5.75 Å². The van der Waals surface area contributed by atoms with Gasteiger partial charge in [0.2, 0.25) is 0 Å². The van der Waals surface area contributed by atoms with E-state index in [0.29, 0.717) is 5.75 Å². The fraction of sp³-hybridized carbons (Fsp3) is 0.263. The van der Waals surface area contributed by atoms with Gasteiger partial charge in [0, 0.05) is 0 Å². The third-order valence-corrected chi connectivity index (χ3v) is 3.39. The number of carbonyl (C=O) groups excluding carboxylic acids is 2. The van der Waals surface area contributed by atoms with Crippen molar-refractivity contribution in [3.8, 4) is 5.75 Å². The highest BCUT2D eigenvalue weighted by Crippen LogP contribution is 2.12. The van der Waals surface area contributed by atoms with Crippen LogP contribution in [0.2, 0.25) is 0 Å². The van der Waals surface area contributed by atoms with Crippen molar-refractivity contribution in [3.05, 3.63) is 65.7 Å². The second-order valence-electron chi connectivity index (χ2n) is 5.47. The molecule has 126 valence electrons. The van der Waals surface area contributed by atoms with Crippen molar-refractivity contribution in [2.45, 2.75) is 19.9 Å². The standard InChI is InChI=1S/C19H21NO4/c1-14-7-6-10-17(11-14)23-13-19(22)24-12-18(21)20-15(2)16-8-4-3-5-9-16/h3-11,15H,12-13H2,1-2H3,(H,20,21)/t15-/m0/s1. The van der Waals surface area contributed by atoms with Crippen LogP contribution in [0.1, 0.15) is 24.1 Å². The van der Waals surface area contributed by atoms with Crippen LogP contribution in [-0.2, 0) is 14.3 Å². The van der Waals surface area contributed by atoms with Gasteiger partial charge in [0.05, 0.1) is 6.04 Å². The van der Waals surface area contributed by atoms with Crippen LogP contribution < -0.4 is 10.1 Å². The zero-order chi connectivity index (χ0) is 17.4. The number of rotatable bonds is 7. The van der Waals surface area contributed by atoms with Gasteiger partial charge in [0.25, 0.3) is 5.91 Å². The van der Waals surface area contributed by atoms with Gasteiger partial charge in [-0.3, -0.25) is 4.79 Å². The Morgan fingerprint density at radius 2 is 1.79 bits per heavy atom. The second-order valence-corrected chi connectivity index (χ2v) is 5.47. The van der Waals surface area contributed by atoms with Crippen LogP contribution in [-0.4, -0.2) is 25.1 Å². The van der Waals surface area contributed by atoms with Crippen LogP contribution in [0.25, 0.3) is 0 Å². The summed E-state index contributed by atoms with van der Waals surface area (Å²) in [4.78, 5) is 23.5. The first-order valence-electron chi connectivity index (χ1n) is 7.74. The number of nitrogens with one attached hydrogen (secondary N) is 1. The summed E-state index contributed by atoms with van der Waals surface area (Å²) in [7, 11) is 0. The molecule has 5 nitrogen and oxygen atoms in total. The predicted molar refractivity (Wildman–Crippen MR) is 90.6 cm³/mol. The summed E-state index contributed by atoms with van der Waals surface area (Å²) in [5.74, 6) is -0.344. The van der Waals surface area contributed by atoms with E-state index < -0.39 is 5.97 Å². The van der Waals surface area contributed by atoms with E-state index in [1.807, 2.05) is 62.4 Å². The average Bonchev–Trinajstić information content (AvgIpc) is 2.59. The fourth-order valence-electron chi connectivity index (χ4n) is 2.14. The van der Waals surface area contributed by atoms with E-state index in [2.05, 4.69) is 5.32 Å². The van der Waals surface area contributed by atoms with Crippen molar-refractivity contribution in [1.82, 2.24) is 5.32 Å². The lowest BCUT2D eigenvalue weighted by molar-refractivity contribution is -0.150. The Balaban J connectivity index is 1.70. The van der Waals surface area contributed by atoms with Crippen molar-refractivity contribution in [1.29, 1.82) is 0 Å². The minimum Gasteiger partial charge on any atom is -0.482 e. The quantitative estimate of drug-likeness (QED) is 0.794. The highest BCUT2D eigenvalue weighted by Gasteiger charge is 2.12. The maximum absolute atomic E-state index is 11.8. The molecule has 0 bridgehead atoms. The molecule has 5 heteroatoms. The van der Waals surface area contributed by atoms with Gasteiger partial charge in [-0.05, 0) is 37.1 Å². The molecule has 0 fully saturated rings. The van der Waals surface area contributed by atoms with E-state index in [0.717, 1.165) is 11.1 Å².